The van der Waals surface area contributed by atoms with Gasteiger partial charge in [-0.3, -0.25) is 4.79 Å². The Morgan fingerprint density at radius 1 is 1.26 bits per heavy atom. The maximum Gasteiger partial charge on any atom is 0.293 e. The molecule has 1 amide bonds. The van der Waals surface area contributed by atoms with Crippen LogP contribution in [0, 0.1) is 11.2 Å². The van der Waals surface area contributed by atoms with Crippen molar-refractivity contribution in [1.82, 2.24) is 10.2 Å². The van der Waals surface area contributed by atoms with E-state index in [1.54, 1.807) is 19.9 Å². The molecule has 31 heavy (non-hydrogen) atoms. The van der Waals surface area contributed by atoms with Crippen molar-refractivity contribution in [3.05, 3.63) is 41.5 Å². The monoisotopic (exact) mass is 436 g/mol. The van der Waals surface area contributed by atoms with Crippen LogP contribution in [0.1, 0.15) is 46.0 Å². The summed E-state index contributed by atoms with van der Waals surface area (Å²) in [5, 5.41) is 13.8. The first-order valence-corrected chi connectivity index (χ1v) is 10.9. The topological polar surface area (TPSA) is 77.5 Å². The molecule has 0 aromatic heterocycles. The number of unbranched alkanes of at least 4 members (excludes halogenated alkanes) is 3. The molecule has 1 aliphatic heterocycles. The number of amides is 1. The first kappa shape index (κ1) is 24.8. The van der Waals surface area contributed by atoms with Crippen molar-refractivity contribution in [3.8, 4) is 0 Å². The SMILES string of the molecule is CC(C)(F)CCCCCCO/C(C(=O)Nc1cccc(F)c1)=C(/C=N)N1CCNCC1. The zero-order valence-electron chi connectivity index (χ0n) is 18.5. The molecule has 0 bridgehead atoms. The van der Waals surface area contributed by atoms with Crippen molar-refractivity contribution in [2.75, 3.05) is 38.1 Å². The maximum absolute atomic E-state index is 13.5. The Morgan fingerprint density at radius 2 is 1.97 bits per heavy atom. The molecule has 1 saturated heterocycles. The maximum atomic E-state index is 13.5. The minimum atomic E-state index is -1.15. The zero-order chi connectivity index (χ0) is 22.7. The standard InChI is InChI=1S/C23H34F2N4O2/c1-23(2,25)10-5-3-4-6-15-31-21(20(17-26)29-13-11-27-12-14-29)22(30)28-19-9-7-8-18(24)16-19/h7-9,16-17,26-27H,3-6,10-15H2,1-2H3,(H,28,30)/b21-20-,26-17?. The van der Waals surface area contributed by atoms with E-state index in [2.05, 4.69) is 10.6 Å². The molecule has 3 N–H and O–H groups in total. The van der Waals surface area contributed by atoms with Gasteiger partial charge >= 0.3 is 0 Å². The highest BCUT2D eigenvalue weighted by atomic mass is 19.1. The Labute approximate surface area is 183 Å². The first-order valence-electron chi connectivity index (χ1n) is 10.9. The molecule has 0 atom stereocenters. The van der Waals surface area contributed by atoms with Crippen LogP contribution < -0.4 is 10.6 Å². The second kappa shape index (κ2) is 12.4. The lowest BCUT2D eigenvalue weighted by Crippen LogP contribution is -2.44. The molecule has 1 aromatic rings. The number of carbonyl (C=O) groups is 1. The molecule has 172 valence electrons. The second-order valence-electron chi connectivity index (χ2n) is 8.29. The summed E-state index contributed by atoms with van der Waals surface area (Å²) in [6, 6.07) is 5.65. The van der Waals surface area contributed by atoms with Crippen LogP contribution in [0.5, 0.6) is 0 Å². The molecule has 0 aliphatic carbocycles. The molecule has 6 nitrogen and oxygen atoms in total. The molecule has 1 heterocycles. The second-order valence-corrected chi connectivity index (χ2v) is 8.29. The molecule has 1 aliphatic rings. The van der Waals surface area contributed by atoms with Crippen LogP contribution in [0.15, 0.2) is 35.7 Å². The largest absolute Gasteiger partial charge is 0.486 e. The lowest BCUT2D eigenvalue weighted by Gasteiger charge is -2.31. The van der Waals surface area contributed by atoms with Gasteiger partial charge in [0.25, 0.3) is 5.91 Å². The van der Waals surface area contributed by atoms with E-state index in [0.717, 1.165) is 45.0 Å². The molecule has 0 spiro atoms. The molecule has 1 aromatic carbocycles. The number of carbonyl (C=O) groups excluding carboxylic acids is 1. The van der Waals surface area contributed by atoms with Crippen molar-refractivity contribution < 1.29 is 18.3 Å². The third kappa shape index (κ3) is 9.04. The highest BCUT2D eigenvalue weighted by Crippen LogP contribution is 2.19. The molecular weight excluding hydrogens is 402 g/mol. The van der Waals surface area contributed by atoms with Crippen LogP contribution in [-0.2, 0) is 9.53 Å². The number of benzene rings is 1. The number of nitrogens with one attached hydrogen (secondary N) is 3. The van der Waals surface area contributed by atoms with Gasteiger partial charge in [-0.05, 0) is 44.9 Å². The number of halogens is 2. The van der Waals surface area contributed by atoms with Crippen molar-refractivity contribution >= 4 is 17.8 Å². The third-order valence-corrected chi connectivity index (χ3v) is 5.03. The summed E-state index contributed by atoms with van der Waals surface area (Å²) in [5.41, 5.74) is -0.414. The van der Waals surface area contributed by atoms with Gasteiger partial charge in [0.15, 0.2) is 0 Å². The lowest BCUT2D eigenvalue weighted by atomic mass is 10.0. The van der Waals surface area contributed by atoms with Gasteiger partial charge in [-0.1, -0.05) is 25.3 Å². The van der Waals surface area contributed by atoms with E-state index < -0.39 is 17.4 Å². The van der Waals surface area contributed by atoms with Crippen molar-refractivity contribution in [3.63, 3.8) is 0 Å². The minimum absolute atomic E-state index is 0.0612. The normalized spacial score (nSPS) is 15.3. The van der Waals surface area contributed by atoms with Crippen LogP contribution in [0.25, 0.3) is 0 Å². The summed E-state index contributed by atoms with van der Waals surface area (Å²) >= 11 is 0. The number of nitrogens with zero attached hydrogens (tertiary/aromatic N) is 1. The van der Waals surface area contributed by atoms with E-state index in [1.807, 2.05) is 4.90 Å². The van der Waals surface area contributed by atoms with E-state index in [0.29, 0.717) is 37.5 Å². The highest BCUT2D eigenvalue weighted by molar-refractivity contribution is 6.05. The summed E-state index contributed by atoms with van der Waals surface area (Å²) in [4.78, 5) is 14.9. The molecular formula is C23H34F2N4O2. The number of allylic oxidation sites excluding steroid dienone is 1. The van der Waals surface area contributed by atoms with Gasteiger partial charge in [0, 0.05) is 38.1 Å². The Balaban J connectivity index is 2.02. The third-order valence-electron chi connectivity index (χ3n) is 5.03. The van der Waals surface area contributed by atoms with E-state index in [1.165, 1.54) is 18.2 Å². The molecule has 0 unspecified atom stereocenters. The van der Waals surface area contributed by atoms with Gasteiger partial charge < -0.3 is 25.7 Å². The summed E-state index contributed by atoms with van der Waals surface area (Å²) in [5.74, 6) is -0.900. The summed E-state index contributed by atoms with van der Waals surface area (Å²) in [6.07, 6.45) is 4.93. The molecule has 8 heteroatoms. The summed E-state index contributed by atoms with van der Waals surface area (Å²) in [7, 11) is 0. The van der Waals surface area contributed by atoms with Gasteiger partial charge in [0.1, 0.15) is 17.2 Å². The lowest BCUT2D eigenvalue weighted by molar-refractivity contribution is -0.116. The Hall–Kier alpha value is -2.48. The van der Waals surface area contributed by atoms with Gasteiger partial charge in [0.05, 0.1) is 6.61 Å². The smallest absolute Gasteiger partial charge is 0.293 e. The van der Waals surface area contributed by atoms with Gasteiger partial charge in [-0.25, -0.2) is 8.78 Å². The van der Waals surface area contributed by atoms with Crippen molar-refractivity contribution in [1.29, 1.82) is 5.41 Å². The number of alkyl halides is 1. The Kier molecular flexibility index (Phi) is 9.91. The fourth-order valence-electron chi connectivity index (χ4n) is 3.39. The van der Waals surface area contributed by atoms with Crippen LogP contribution in [0.4, 0.5) is 14.5 Å². The van der Waals surface area contributed by atoms with Crippen LogP contribution >= 0.6 is 0 Å². The van der Waals surface area contributed by atoms with Crippen molar-refractivity contribution in [2.24, 2.45) is 0 Å². The first-order chi connectivity index (χ1) is 14.8. The average Bonchev–Trinajstić information content (AvgIpc) is 2.72. The number of ether oxygens (including phenoxy) is 1. The Morgan fingerprint density at radius 3 is 2.61 bits per heavy atom. The fraction of sp³-hybridized carbons (Fsp3) is 0.565. The number of hydrogen-bond acceptors (Lipinski definition) is 5. The number of hydrogen-bond donors (Lipinski definition) is 3. The van der Waals surface area contributed by atoms with E-state index >= 15 is 0 Å². The average molecular weight is 437 g/mol. The van der Waals surface area contributed by atoms with Crippen molar-refractivity contribution in [2.45, 2.75) is 51.6 Å². The number of rotatable bonds is 12. The number of piperazine rings is 1. The summed E-state index contributed by atoms with van der Waals surface area (Å²) in [6.45, 7) is 6.29. The fourth-order valence-corrected chi connectivity index (χ4v) is 3.39. The van der Waals surface area contributed by atoms with Crippen LogP contribution in [0.3, 0.4) is 0 Å². The molecule has 2 rings (SSSR count). The van der Waals surface area contributed by atoms with Gasteiger partial charge in [-0.15, -0.1) is 0 Å². The quantitative estimate of drug-likeness (QED) is 0.198. The molecule has 0 radical (unpaired) electrons. The molecule has 1 fully saturated rings. The predicted octanol–water partition coefficient (Wildman–Crippen LogP) is 4.25. The Bertz CT molecular complexity index is 756. The van der Waals surface area contributed by atoms with E-state index in [4.69, 9.17) is 10.1 Å². The van der Waals surface area contributed by atoms with Crippen LogP contribution in [-0.4, -0.2) is 55.5 Å². The summed E-state index contributed by atoms with van der Waals surface area (Å²) < 4.78 is 32.9. The van der Waals surface area contributed by atoms with E-state index in [-0.39, 0.29) is 5.76 Å². The minimum Gasteiger partial charge on any atom is -0.486 e. The zero-order valence-corrected chi connectivity index (χ0v) is 18.5. The number of anilines is 1. The van der Waals surface area contributed by atoms with E-state index in [9.17, 15) is 13.6 Å². The van der Waals surface area contributed by atoms with Gasteiger partial charge in [-0.2, -0.15) is 0 Å². The highest BCUT2D eigenvalue weighted by Gasteiger charge is 2.23. The predicted molar refractivity (Wildman–Crippen MR) is 120 cm³/mol. The van der Waals surface area contributed by atoms with Crippen LogP contribution in [0.2, 0.25) is 0 Å². The van der Waals surface area contributed by atoms with Gasteiger partial charge in [0.2, 0.25) is 5.76 Å². The molecule has 0 saturated carbocycles.